The molecule has 3 N–H and O–H groups in total. The topological polar surface area (TPSA) is 91.0 Å². The van der Waals surface area contributed by atoms with Gasteiger partial charge in [0.05, 0.1) is 31.1 Å². The van der Waals surface area contributed by atoms with Crippen molar-refractivity contribution < 1.29 is 28.5 Å². The van der Waals surface area contributed by atoms with Crippen LogP contribution in [0.25, 0.3) is 0 Å². The molecule has 0 saturated heterocycles. The van der Waals surface area contributed by atoms with Gasteiger partial charge in [0.15, 0.2) is 0 Å². The fourth-order valence-corrected chi connectivity index (χ4v) is 1.45. The molecule has 0 heterocycles. The highest BCUT2D eigenvalue weighted by Gasteiger charge is 2.14. The summed E-state index contributed by atoms with van der Waals surface area (Å²) in [6, 6.07) is 2.02. The first kappa shape index (κ1) is 16.2. The Balaban J connectivity index is 2.41. The summed E-state index contributed by atoms with van der Waals surface area (Å²) >= 11 is 0. The van der Waals surface area contributed by atoms with Crippen molar-refractivity contribution in [3.8, 4) is 5.75 Å². The molecule has 0 radical (unpaired) electrons. The van der Waals surface area contributed by atoms with Crippen molar-refractivity contribution in [2.75, 3.05) is 39.3 Å². The molecule has 0 saturated carbocycles. The van der Waals surface area contributed by atoms with Crippen LogP contribution in [-0.4, -0.2) is 44.6 Å². The van der Waals surface area contributed by atoms with Crippen LogP contribution in [0.5, 0.6) is 5.75 Å². The first-order valence-electron chi connectivity index (χ1n) is 6.08. The number of nitrogen functional groups attached to an aromatic ring is 1. The molecule has 0 amide bonds. The molecule has 7 heteroatoms. The second-order valence-electron chi connectivity index (χ2n) is 3.98. The van der Waals surface area contributed by atoms with Crippen LogP contribution in [0.1, 0.15) is 16.8 Å². The quantitative estimate of drug-likeness (QED) is 0.529. The van der Waals surface area contributed by atoms with Crippen molar-refractivity contribution in [3.63, 3.8) is 0 Å². The predicted molar refractivity (Wildman–Crippen MR) is 70.6 cm³/mol. The average Bonchev–Trinajstić information content (AvgIpc) is 2.40. The Morgan fingerprint density at radius 2 is 2.05 bits per heavy atom. The third-order valence-corrected chi connectivity index (χ3v) is 2.45. The van der Waals surface area contributed by atoms with Gasteiger partial charge in [0.25, 0.3) is 0 Å². The van der Waals surface area contributed by atoms with E-state index < -0.39 is 17.3 Å². The monoisotopic (exact) mass is 287 g/mol. The third kappa shape index (κ3) is 5.02. The summed E-state index contributed by atoms with van der Waals surface area (Å²) in [6.07, 6.45) is 0.603. The fourth-order valence-electron chi connectivity index (χ4n) is 1.45. The van der Waals surface area contributed by atoms with Crippen molar-refractivity contribution >= 4 is 11.7 Å². The number of aromatic carboxylic acids is 1. The molecule has 20 heavy (non-hydrogen) atoms. The molecule has 6 nitrogen and oxygen atoms in total. The minimum absolute atomic E-state index is 0.0871. The largest absolute Gasteiger partial charge is 0.491 e. The second-order valence-corrected chi connectivity index (χ2v) is 3.98. The van der Waals surface area contributed by atoms with Gasteiger partial charge in [-0.15, -0.1) is 0 Å². The maximum Gasteiger partial charge on any atom is 0.338 e. The van der Waals surface area contributed by atoms with Gasteiger partial charge in [-0.2, -0.15) is 0 Å². The Kier molecular flexibility index (Phi) is 6.75. The van der Waals surface area contributed by atoms with Gasteiger partial charge in [0.2, 0.25) is 0 Å². The Hall–Kier alpha value is -1.86. The molecule has 0 unspecified atom stereocenters. The van der Waals surface area contributed by atoms with Crippen LogP contribution < -0.4 is 10.5 Å². The molecule has 1 rings (SSSR count). The number of halogens is 1. The van der Waals surface area contributed by atoms with Crippen LogP contribution in [0.3, 0.4) is 0 Å². The third-order valence-electron chi connectivity index (χ3n) is 2.45. The lowest BCUT2D eigenvalue weighted by molar-refractivity contribution is 0.0644. The van der Waals surface area contributed by atoms with Crippen LogP contribution in [0.15, 0.2) is 12.1 Å². The van der Waals surface area contributed by atoms with Gasteiger partial charge in [-0.3, -0.25) is 0 Å². The van der Waals surface area contributed by atoms with Crippen molar-refractivity contribution in [3.05, 3.63) is 23.5 Å². The predicted octanol–water partition coefficient (Wildman–Crippen LogP) is 1.54. The van der Waals surface area contributed by atoms with Crippen molar-refractivity contribution in [1.29, 1.82) is 0 Å². The summed E-state index contributed by atoms with van der Waals surface area (Å²) in [5.74, 6) is -2.12. The van der Waals surface area contributed by atoms with E-state index in [-0.39, 0.29) is 11.4 Å². The van der Waals surface area contributed by atoms with Crippen molar-refractivity contribution in [2.24, 2.45) is 0 Å². The van der Waals surface area contributed by atoms with E-state index in [1.807, 2.05) is 0 Å². The summed E-state index contributed by atoms with van der Waals surface area (Å²) in [7, 11) is 1.59. The van der Waals surface area contributed by atoms with Crippen LogP contribution in [0, 0.1) is 5.82 Å². The number of carboxylic acids is 1. The zero-order valence-electron chi connectivity index (χ0n) is 11.2. The van der Waals surface area contributed by atoms with Gasteiger partial charge in [0, 0.05) is 26.2 Å². The number of hydrogen-bond acceptors (Lipinski definition) is 5. The van der Waals surface area contributed by atoms with Crippen LogP contribution >= 0.6 is 0 Å². The standard InChI is InChI=1S/C13H18FNO5/c1-18-5-6-19-3-2-4-20-12-8-10(14)9(13(16)17)7-11(12)15/h7-8H,2-6,15H2,1H3,(H,16,17). The summed E-state index contributed by atoms with van der Waals surface area (Å²) in [5, 5.41) is 8.73. The molecule has 0 aliphatic heterocycles. The number of rotatable bonds is 9. The molecule has 1 aromatic rings. The fraction of sp³-hybridized carbons (Fsp3) is 0.462. The number of methoxy groups -OCH3 is 1. The Morgan fingerprint density at radius 1 is 1.30 bits per heavy atom. The summed E-state index contributed by atoms with van der Waals surface area (Å²) in [6.45, 7) is 1.80. The molecule has 0 fully saturated rings. The molecular formula is C13H18FNO5. The minimum atomic E-state index is -1.37. The molecule has 0 spiro atoms. The Morgan fingerprint density at radius 3 is 2.70 bits per heavy atom. The van der Waals surface area contributed by atoms with E-state index in [1.165, 1.54) is 0 Å². The second kappa shape index (κ2) is 8.34. The van der Waals surface area contributed by atoms with E-state index in [0.29, 0.717) is 32.8 Å². The Labute approximate surface area is 116 Å². The van der Waals surface area contributed by atoms with E-state index in [9.17, 15) is 9.18 Å². The zero-order valence-corrected chi connectivity index (χ0v) is 11.2. The van der Waals surface area contributed by atoms with Crippen molar-refractivity contribution in [1.82, 2.24) is 0 Å². The zero-order chi connectivity index (χ0) is 15.0. The maximum absolute atomic E-state index is 13.4. The minimum Gasteiger partial charge on any atom is -0.491 e. The number of nitrogens with two attached hydrogens (primary N) is 1. The molecule has 1 aromatic carbocycles. The van der Waals surface area contributed by atoms with Gasteiger partial charge < -0.3 is 25.1 Å². The number of ether oxygens (including phenoxy) is 3. The van der Waals surface area contributed by atoms with E-state index in [0.717, 1.165) is 12.1 Å². The van der Waals surface area contributed by atoms with Gasteiger partial charge >= 0.3 is 5.97 Å². The number of carbonyl (C=O) groups is 1. The SMILES string of the molecule is COCCOCCCOc1cc(F)c(C(=O)O)cc1N. The molecule has 0 atom stereocenters. The average molecular weight is 287 g/mol. The van der Waals surface area contributed by atoms with Gasteiger partial charge in [0.1, 0.15) is 11.6 Å². The number of hydrogen-bond donors (Lipinski definition) is 2. The molecule has 0 aliphatic rings. The van der Waals surface area contributed by atoms with Gasteiger partial charge in [-0.25, -0.2) is 9.18 Å². The maximum atomic E-state index is 13.4. The lowest BCUT2D eigenvalue weighted by atomic mass is 10.2. The summed E-state index contributed by atoms with van der Waals surface area (Å²) in [4.78, 5) is 10.7. The molecule has 0 aromatic heterocycles. The highest BCUT2D eigenvalue weighted by Crippen LogP contribution is 2.25. The summed E-state index contributed by atoms with van der Waals surface area (Å²) in [5.41, 5.74) is 5.22. The highest BCUT2D eigenvalue weighted by atomic mass is 19.1. The van der Waals surface area contributed by atoms with Crippen LogP contribution in [-0.2, 0) is 9.47 Å². The molecule has 0 aliphatic carbocycles. The van der Waals surface area contributed by atoms with E-state index in [2.05, 4.69) is 0 Å². The van der Waals surface area contributed by atoms with Gasteiger partial charge in [-0.05, 0) is 6.07 Å². The van der Waals surface area contributed by atoms with Crippen LogP contribution in [0.4, 0.5) is 10.1 Å². The van der Waals surface area contributed by atoms with E-state index in [1.54, 1.807) is 7.11 Å². The molecule has 112 valence electrons. The molecule has 0 bridgehead atoms. The molecular weight excluding hydrogens is 269 g/mol. The Bertz CT molecular complexity index is 453. The summed E-state index contributed by atoms with van der Waals surface area (Å²) < 4.78 is 28.8. The van der Waals surface area contributed by atoms with Crippen molar-refractivity contribution in [2.45, 2.75) is 6.42 Å². The van der Waals surface area contributed by atoms with E-state index in [4.69, 9.17) is 25.1 Å². The first-order valence-corrected chi connectivity index (χ1v) is 6.08. The first-order chi connectivity index (χ1) is 9.56. The van der Waals surface area contributed by atoms with Crippen LogP contribution in [0.2, 0.25) is 0 Å². The van der Waals surface area contributed by atoms with E-state index >= 15 is 0 Å². The highest BCUT2D eigenvalue weighted by molar-refractivity contribution is 5.89. The smallest absolute Gasteiger partial charge is 0.338 e. The lowest BCUT2D eigenvalue weighted by Crippen LogP contribution is -2.08. The lowest BCUT2D eigenvalue weighted by Gasteiger charge is -2.10. The normalized spacial score (nSPS) is 10.5. The number of carboxylic acid groups (broad SMARTS) is 1. The number of benzene rings is 1. The number of anilines is 1. The van der Waals surface area contributed by atoms with Gasteiger partial charge in [-0.1, -0.05) is 0 Å².